The Kier molecular flexibility index (Phi) is 4.94. The van der Waals surface area contributed by atoms with Gasteiger partial charge in [0.1, 0.15) is 17.7 Å². The maximum atomic E-state index is 12.6. The standard InChI is InChI=1S/C23H27N7O/c1-15-9-16(10-17-12-28(2)8-5-18(15)17)19-11-25-22(24)21(27-19)20-13-30(14-26-20)23(31)29-6-3-4-7-29/h9-11,13-14H,3-8,12H2,1-2H3,(H2,24,25). The molecule has 3 aromatic rings. The number of carbonyl (C=O) groups is 1. The third-order valence-corrected chi connectivity index (χ3v) is 6.27. The molecule has 0 saturated carbocycles. The van der Waals surface area contributed by atoms with Crippen LogP contribution < -0.4 is 5.73 Å². The molecule has 0 aliphatic carbocycles. The number of carbonyl (C=O) groups excluding carboxylic acids is 1. The number of nitrogens with zero attached hydrogens (tertiary/aromatic N) is 6. The Morgan fingerprint density at radius 1 is 1.10 bits per heavy atom. The molecule has 0 bridgehead atoms. The van der Waals surface area contributed by atoms with E-state index < -0.39 is 0 Å². The van der Waals surface area contributed by atoms with E-state index in [1.807, 2.05) is 4.90 Å². The van der Waals surface area contributed by atoms with E-state index in [2.05, 4.69) is 41.0 Å². The number of aromatic nitrogens is 4. The third kappa shape index (κ3) is 3.67. The minimum Gasteiger partial charge on any atom is -0.382 e. The molecule has 1 fully saturated rings. The molecule has 1 aromatic carbocycles. The first kappa shape index (κ1) is 19.7. The molecule has 8 nitrogen and oxygen atoms in total. The Labute approximate surface area is 181 Å². The number of hydrogen-bond donors (Lipinski definition) is 1. The van der Waals surface area contributed by atoms with Gasteiger partial charge < -0.3 is 15.5 Å². The van der Waals surface area contributed by atoms with Crippen LogP contribution in [0.5, 0.6) is 0 Å². The molecule has 0 radical (unpaired) electrons. The molecule has 5 rings (SSSR count). The molecule has 2 aliphatic heterocycles. The molecule has 1 saturated heterocycles. The SMILES string of the molecule is Cc1cc(-c2cnc(N)c(-c3cn(C(=O)N4CCCC4)cn3)n2)cc2c1CCN(C)C2. The topological polar surface area (TPSA) is 93.2 Å². The maximum Gasteiger partial charge on any atom is 0.329 e. The first-order chi connectivity index (χ1) is 15.0. The van der Waals surface area contributed by atoms with Crippen molar-refractivity contribution >= 4 is 11.8 Å². The summed E-state index contributed by atoms with van der Waals surface area (Å²) in [6.45, 7) is 5.75. The van der Waals surface area contributed by atoms with Crippen LogP contribution in [0.3, 0.4) is 0 Å². The average Bonchev–Trinajstić information content (AvgIpc) is 3.46. The predicted octanol–water partition coefficient (Wildman–Crippen LogP) is 2.95. The summed E-state index contributed by atoms with van der Waals surface area (Å²) in [6, 6.07) is 4.31. The smallest absolute Gasteiger partial charge is 0.329 e. The van der Waals surface area contributed by atoms with Crippen LogP contribution in [0.25, 0.3) is 22.6 Å². The second-order valence-corrected chi connectivity index (χ2v) is 8.55. The number of rotatable bonds is 2. The summed E-state index contributed by atoms with van der Waals surface area (Å²) in [4.78, 5) is 30.4. The van der Waals surface area contributed by atoms with Crippen LogP contribution >= 0.6 is 0 Å². The highest BCUT2D eigenvalue weighted by atomic mass is 16.2. The molecule has 0 spiro atoms. The minimum absolute atomic E-state index is 0.0617. The van der Waals surface area contributed by atoms with Gasteiger partial charge in [-0.25, -0.2) is 19.7 Å². The zero-order valence-electron chi connectivity index (χ0n) is 18.0. The first-order valence-corrected chi connectivity index (χ1v) is 10.8. The molecule has 2 aromatic heterocycles. The molecule has 0 unspecified atom stereocenters. The third-order valence-electron chi connectivity index (χ3n) is 6.27. The summed E-state index contributed by atoms with van der Waals surface area (Å²) >= 11 is 0. The number of likely N-dealkylation sites (N-methyl/N-ethyl adjacent to an activating group) is 1. The van der Waals surface area contributed by atoms with Crippen LogP contribution in [0.4, 0.5) is 10.6 Å². The van der Waals surface area contributed by atoms with Gasteiger partial charge in [0.25, 0.3) is 0 Å². The van der Waals surface area contributed by atoms with E-state index in [-0.39, 0.29) is 6.03 Å². The fraction of sp³-hybridized carbons (Fsp3) is 0.391. The summed E-state index contributed by atoms with van der Waals surface area (Å²) in [5.74, 6) is 0.303. The van der Waals surface area contributed by atoms with Gasteiger partial charge in [-0.05, 0) is 62.1 Å². The number of benzene rings is 1. The molecule has 2 N–H and O–H groups in total. The predicted molar refractivity (Wildman–Crippen MR) is 119 cm³/mol. The Morgan fingerprint density at radius 2 is 1.90 bits per heavy atom. The first-order valence-electron chi connectivity index (χ1n) is 10.8. The van der Waals surface area contributed by atoms with Crippen LogP contribution in [0.15, 0.2) is 30.9 Å². The van der Waals surface area contributed by atoms with Crippen molar-refractivity contribution in [2.24, 2.45) is 0 Å². The van der Waals surface area contributed by atoms with E-state index in [1.165, 1.54) is 27.6 Å². The molecular formula is C23H27N7O. The van der Waals surface area contributed by atoms with E-state index in [4.69, 9.17) is 10.7 Å². The van der Waals surface area contributed by atoms with Crippen LogP contribution in [-0.2, 0) is 13.0 Å². The number of nitrogens with two attached hydrogens (primary N) is 1. The Bertz CT molecular complexity index is 1150. The monoisotopic (exact) mass is 417 g/mol. The number of hydrogen-bond acceptors (Lipinski definition) is 6. The van der Waals surface area contributed by atoms with Crippen molar-refractivity contribution in [2.75, 3.05) is 32.4 Å². The van der Waals surface area contributed by atoms with E-state index >= 15 is 0 Å². The number of fused-ring (bicyclic) bond motifs is 1. The van der Waals surface area contributed by atoms with Crippen molar-refractivity contribution in [2.45, 2.75) is 32.7 Å². The molecule has 2 aliphatic rings. The van der Waals surface area contributed by atoms with Crippen LogP contribution in [0.1, 0.15) is 29.5 Å². The van der Waals surface area contributed by atoms with Crippen molar-refractivity contribution < 1.29 is 4.79 Å². The summed E-state index contributed by atoms with van der Waals surface area (Å²) < 4.78 is 1.51. The number of amides is 1. The highest BCUT2D eigenvalue weighted by Crippen LogP contribution is 2.30. The largest absolute Gasteiger partial charge is 0.382 e. The number of imidazole rings is 1. The van der Waals surface area contributed by atoms with Crippen molar-refractivity contribution in [1.82, 2.24) is 29.3 Å². The maximum absolute atomic E-state index is 12.6. The van der Waals surface area contributed by atoms with Gasteiger partial charge in [0.2, 0.25) is 0 Å². The summed E-state index contributed by atoms with van der Waals surface area (Å²) in [7, 11) is 2.14. The lowest BCUT2D eigenvalue weighted by atomic mass is 9.92. The quantitative estimate of drug-likeness (QED) is 0.689. The van der Waals surface area contributed by atoms with Gasteiger partial charge in [-0.15, -0.1) is 0 Å². The van der Waals surface area contributed by atoms with E-state index in [9.17, 15) is 4.79 Å². The van der Waals surface area contributed by atoms with E-state index in [0.717, 1.165) is 56.7 Å². The molecule has 8 heteroatoms. The molecule has 160 valence electrons. The zero-order valence-corrected chi connectivity index (χ0v) is 18.0. The second-order valence-electron chi connectivity index (χ2n) is 8.55. The molecule has 1 amide bonds. The van der Waals surface area contributed by atoms with Gasteiger partial charge >= 0.3 is 6.03 Å². The van der Waals surface area contributed by atoms with Crippen LogP contribution in [0.2, 0.25) is 0 Å². The Hall–Kier alpha value is -3.26. The Balaban J connectivity index is 1.49. The van der Waals surface area contributed by atoms with Gasteiger partial charge in [-0.3, -0.25) is 4.57 Å². The van der Waals surface area contributed by atoms with E-state index in [1.54, 1.807) is 12.4 Å². The van der Waals surface area contributed by atoms with Crippen molar-refractivity contribution in [3.05, 3.63) is 47.5 Å². The fourth-order valence-corrected chi connectivity index (χ4v) is 4.56. The molecular weight excluding hydrogens is 390 g/mol. The highest BCUT2D eigenvalue weighted by Gasteiger charge is 2.21. The van der Waals surface area contributed by atoms with Gasteiger partial charge in [-0.2, -0.15) is 0 Å². The number of anilines is 1. The molecule has 31 heavy (non-hydrogen) atoms. The van der Waals surface area contributed by atoms with Gasteiger partial charge in [-0.1, -0.05) is 0 Å². The van der Waals surface area contributed by atoms with Crippen molar-refractivity contribution in [3.63, 3.8) is 0 Å². The number of nitrogen functional groups attached to an aromatic ring is 1. The number of aryl methyl sites for hydroxylation is 1. The van der Waals surface area contributed by atoms with Gasteiger partial charge in [0, 0.05) is 37.9 Å². The normalized spacial score (nSPS) is 16.5. The second kappa shape index (κ2) is 7.77. The lowest BCUT2D eigenvalue weighted by Gasteiger charge is -2.27. The lowest BCUT2D eigenvalue weighted by Crippen LogP contribution is -2.31. The number of likely N-dealkylation sites (tertiary alicyclic amines) is 1. The molecule has 0 atom stereocenters. The average molecular weight is 418 g/mol. The van der Waals surface area contributed by atoms with Crippen LogP contribution in [-0.4, -0.2) is 62.0 Å². The summed E-state index contributed by atoms with van der Waals surface area (Å²) in [6.07, 6.45) is 8.09. The fourth-order valence-electron chi connectivity index (χ4n) is 4.56. The summed E-state index contributed by atoms with van der Waals surface area (Å²) in [5.41, 5.74) is 13.0. The Morgan fingerprint density at radius 3 is 2.71 bits per heavy atom. The lowest BCUT2D eigenvalue weighted by molar-refractivity contribution is 0.210. The van der Waals surface area contributed by atoms with Gasteiger partial charge in [0.05, 0.1) is 11.9 Å². The van der Waals surface area contributed by atoms with Crippen molar-refractivity contribution in [1.29, 1.82) is 0 Å². The minimum atomic E-state index is -0.0617. The van der Waals surface area contributed by atoms with Crippen molar-refractivity contribution in [3.8, 4) is 22.6 Å². The zero-order chi connectivity index (χ0) is 21.5. The highest BCUT2D eigenvalue weighted by molar-refractivity contribution is 5.79. The summed E-state index contributed by atoms with van der Waals surface area (Å²) in [5, 5.41) is 0. The van der Waals surface area contributed by atoms with Crippen LogP contribution in [0, 0.1) is 6.92 Å². The van der Waals surface area contributed by atoms with Gasteiger partial charge in [0.15, 0.2) is 5.82 Å². The van der Waals surface area contributed by atoms with E-state index in [0.29, 0.717) is 17.2 Å². The molecule has 4 heterocycles.